The van der Waals surface area contributed by atoms with E-state index in [-0.39, 0.29) is 18.4 Å². The smallest absolute Gasteiger partial charge is 0.328 e. The largest absolute Gasteiger partial charge is 0.497 e. The van der Waals surface area contributed by atoms with Crippen molar-refractivity contribution in [3.63, 3.8) is 0 Å². The third kappa shape index (κ3) is 3.38. The lowest BCUT2D eigenvalue weighted by Crippen LogP contribution is -2.52. The van der Waals surface area contributed by atoms with Crippen molar-refractivity contribution in [3.8, 4) is 5.75 Å². The van der Waals surface area contributed by atoms with Crippen molar-refractivity contribution >= 4 is 11.9 Å². The first-order valence-corrected chi connectivity index (χ1v) is 8.37. The maximum atomic E-state index is 12.7. The summed E-state index contributed by atoms with van der Waals surface area (Å²) in [6, 6.07) is 5.14. The lowest BCUT2D eigenvalue weighted by atomic mass is 9.80. The number of hydrogen-bond donors (Lipinski definition) is 1. The minimum Gasteiger partial charge on any atom is -0.497 e. The Morgan fingerprint density at radius 2 is 2.25 bits per heavy atom. The van der Waals surface area contributed by atoms with Crippen LogP contribution >= 0.6 is 0 Å². The molecule has 0 saturated carbocycles. The van der Waals surface area contributed by atoms with Gasteiger partial charge in [-0.15, -0.1) is 0 Å². The van der Waals surface area contributed by atoms with Crippen molar-refractivity contribution in [2.45, 2.75) is 37.6 Å². The van der Waals surface area contributed by atoms with Crippen LogP contribution < -0.4 is 4.74 Å². The molecule has 0 bridgehead atoms. The Morgan fingerprint density at radius 3 is 3.00 bits per heavy atom. The van der Waals surface area contributed by atoms with E-state index in [9.17, 15) is 14.7 Å². The summed E-state index contributed by atoms with van der Waals surface area (Å²) in [5.41, 5.74) is 2.42. The van der Waals surface area contributed by atoms with E-state index in [4.69, 9.17) is 9.47 Å². The van der Waals surface area contributed by atoms with Gasteiger partial charge in [0.1, 0.15) is 5.75 Å². The van der Waals surface area contributed by atoms with Crippen LogP contribution in [-0.4, -0.2) is 54.8 Å². The van der Waals surface area contributed by atoms with Gasteiger partial charge in [0, 0.05) is 13.0 Å². The summed E-state index contributed by atoms with van der Waals surface area (Å²) in [5, 5.41) is 9.29. The fraction of sp³-hybridized carbons (Fsp3) is 0.556. The number of carbonyl (C=O) groups is 2. The molecule has 2 aliphatic rings. The first-order valence-electron chi connectivity index (χ1n) is 8.37. The Hall–Kier alpha value is -2.08. The van der Waals surface area contributed by atoms with Gasteiger partial charge >= 0.3 is 5.97 Å². The number of carboxylic acid groups (broad SMARTS) is 1. The maximum Gasteiger partial charge on any atom is 0.328 e. The molecule has 0 aromatic heterocycles. The van der Waals surface area contributed by atoms with E-state index in [1.165, 1.54) is 16.0 Å². The standard InChI is InChI=1S/C18H23NO5/c1-23-14-5-6-15-12(9-14)3-2-4-13(15)10-17(20)19-7-8-24-11-16(19)18(21)22/h5-6,9,13,16H,2-4,7-8,10-11H2,1H3,(H,21,22)/t13-,16+/m1/s1. The number of aryl methyl sites for hydroxylation is 1. The predicted molar refractivity (Wildman–Crippen MR) is 87.2 cm³/mol. The zero-order valence-electron chi connectivity index (χ0n) is 13.9. The van der Waals surface area contributed by atoms with Gasteiger partial charge in [0.25, 0.3) is 0 Å². The monoisotopic (exact) mass is 333 g/mol. The maximum absolute atomic E-state index is 12.7. The molecule has 1 aliphatic carbocycles. The van der Waals surface area contributed by atoms with Gasteiger partial charge in [-0.25, -0.2) is 4.79 Å². The molecule has 1 fully saturated rings. The third-order valence-corrected chi connectivity index (χ3v) is 4.94. The number of fused-ring (bicyclic) bond motifs is 1. The first kappa shape index (κ1) is 16.8. The summed E-state index contributed by atoms with van der Waals surface area (Å²) >= 11 is 0. The number of ether oxygens (including phenoxy) is 2. The van der Waals surface area contributed by atoms with Crippen LogP contribution in [0, 0.1) is 0 Å². The van der Waals surface area contributed by atoms with Crippen LogP contribution in [0.25, 0.3) is 0 Å². The number of aliphatic carboxylic acids is 1. The molecule has 1 aromatic rings. The van der Waals surface area contributed by atoms with Crippen molar-refractivity contribution in [3.05, 3.63) is 29.3 Å². The zero-order chi connectivity index (χ0) is 17.1. The Labute approximate surface area is 141 Å². The van der Waals surface area contributed by atoms with Crippen LogP contribution in [0.3, 0.4) is 0 Å². The molecule has 1 aliphatic heterocycles. The van der Waals surface area contributed by atoms with Gasteiger partial charge in [-0.05, 0) is 48.4 Å². The number of carboxylic acids is 1. The first-order chi connectivity index (χ1) is 11.6. The molecule has 0 unspecified atom stereocenters. The number of morpholine rings is 1. The number of methoxy groups -OCH3 is 1. The summed E-state index contributed by atoms with van der Waals surface area (Å²) in [6.45, 7) is 0.811. The molecule has 2 atom stereocenters. The van der Waals surface area contributed by atoms with E-state index < -0.39 is 12.0 Å². The third-order valence-electron chi connectivity index (χ3n) is 4.94. The number of rotatable bonds is 4. The van der Waals surface area contributed by atoms with Gasteiger partial charge < -0.3 is 19.5 Å². The van der Waals surface area contributed by atoms with Crippen molar-refractivity contribution in [1.82, 2.24) is 4.90 Å². The van der Waals surface area contributed by atoms with Gasteiger partial charge in [-0.2, -0.15) is 0 Å². The second-order valence-electron chi connectivity index (χ2n) is 6.37. The molecule has 0 spiro atoms. The molecule has 1 aromatic carbocycles. The highest BCUT2D eigenvalue weighted by Gasteiger charge is 2.34. The number of carbonyl (C=O) groups excluding carboxylic acids is 1. The number of nitrogens with zero attached hydrogens (tertiary/aromatic N) is 1. The van der Waals surface area contributed by atoms with Crippen LogP contribution in [0.2, 0.25) is 0 Å². The second-order valence-corrected chi connectivity index (χ2v) is 6.37. The molecule has 1 saturated heterocycles. The Balaban J connectivity index is 1.74. The summed E-state index contributed by atoms with van der Waals surface area (Å²) in [5.74, 6) is -0.125. The predicted octanol–water partition coefficient (Wildman–Crippen LogP) is 1.82. The Kier molecular flexibility index (Phi) is 5.04. The fourth-order valence-electron chi connectivity index (χ4n) is 3.67. The number of hydrogen-bond acceptors (Lipinski definition) is 4. The van der Waals surface area contributed by atoms with Crippen LogP contribution in [0.4, 0.5) is 0 Å². The molecule has 130 valence electrons. The molecular formula is C18H23NO5. The van der Waals surface area contributed by atoms with Crippen molar-refractivity contribution in [2.75, 3.05) is 26.9 Å². The van der Waals surface area contributed by atoms with E-state index in [0.717, 1.165) is 25.0 Å². The normalized spacial score (nSPS) is 23.5. The highest BCUT2D eigenvalue weighted by atomic mass is 16.5. The zero-order valence-corrected chi connectivity index (χ0v) is 13.9. The summed E-state index contributed by atoms with van der Waals surface area (Å²) < 4.78 is 10.5. The molecule has 0 radical (unpaired) electrons. The number of benzene rings is 1. The summed E-state index contributed by atoms with van der Waals surface area (Å²) in [7, 11) is 1.65. The van der Waals surface area contributed by atoms with E-state index in [0.29, 0.717) is 19.6 Å². The molecule has 3 rings (SSSR count). The van der Waals surface area contributed by atoms with E-state index in [1.807, 2.05) is 18.2 Å². The molecule has 6 nitrogen and oxygen atoms in total. The lowest BCUT2D eigenvalue weighted by molar-refractivity contribution is -0.158. The fourth-order valence-corrected chi connectivity index (χ4v) is 3.67. The minimum absolute atomic E-state index is 0.0690. The molecule has 1 N–H and O–H groups in total. The highest BCUT2D eigenvalue weighted by molar-refractivity contribution is 5.84. The highest BCUT2D eigenvalue weighted by Crippen LogP contribution is 2.36. The van der Waals surface area contributed by atoms with E-state index >= 15 is 0 Å². The Bertz CT molecular complexity index is 630. The van der Waals surface area contributed by atoms with E-state index in [1.54, 1.807) is 7.11 Å². The van der Waals surface area contributed by atoms with Crippen LogP contribution in [0.15, 0.2) is 18.2 Å². The summed E-state index contributed by atoms with van der Waals surface area (Å²) in [6.07, 6.45) is 3.33. The van der Waals surface area contributed by atoms with Gasteiger partial charge in [-0.3, -0.25) is 4.79 Å². The van der Waals surface area contributed by atoms with Crippen LogP contribution in [-0.2, 0) is 20.7 Å². The van der Waals surface area contributed by atoms with Gasteiger partial charge in [0.05, 0.1) is 20.3 Å². The minimum atomic E-state index is -1.00. The lowest BCUT2D eigenvalue weighted by Gasteiger charge is -2.34. The van der Waals surface area contributed by atoms with Crippen LogP contribution in [0.5, 0.6) is 5.75 Å². The van der Waals surface area contributed by atoms with E-state index in [2.05, 4.69) is 0 Å². The molecule has 1 amide bonds. The van der Waals surface area contributed by atoms with Crippen molar-refractivity contribution in [2.24, 2.45) is 0 Å². The van der Waals surface area contributed by atoms with Crippen molar-refractivity contribution in [1.29, 1.82) is 0 Å². The van der Waals surface area contributed by atoms with Gasteiger partial charge in [-0.1, -0.05) is 6.07 Å². The molecule has 24 heavy (non-hydrogen) atoms. The molecular weight excluding hydrogens is 310 g/mol. The quantitative estimate of drug-likeness (QED) is 0.909. The topological polar surface area (TPSA) is 76.1 Å². The average molecular weight is 333 g/mol. The number of amides is 1. The second kappa shape index (κ2) is 7.21. The van der Waals surface area contributed by atoms with Gasteiger partial charge in [0.15, 0.2) is 6.04 Å². The van der Waals surface area contributed by atoms with Gasteiger partial charge in [0.2, 0.25) is 5.91 Å². The SMILES string of the molecule is COc1ccc2c(c1)CCC[C@@H]2CC(=O)N1CCOC[C@H]1C(=O)O. The average Bonchev–Trinajstić information content (AvgIpc) is 2.61. The van der Waals surface area contributed by atoms with Crippen molar-refractivity contribution < 1.29 is 24.2 Å². The molecule has 1 heterocycles. The van der Waals surface area contributed by atoms with Crippen LogP contribution in [0.1, 0.15) is 36.3 Å². The summed E-state index contributed by atoms with van der Waals surface area (Å²) in [4.78, 5) is 25.5. The molecule has 6 heteroatoms. The Morgan fingerprint density at radius 1 is 1.42 bits per heavy atom.